The van der Waals surface area contributed by atoms with Crippen molar-refractivity contribution in [2.24, 2.45) is 5.92 Å². The molecule has 144 valence electrons. The van der Waals surface area contributed by atoms with Gasteiger partial charge >= 0.3 is 0 Å². The lowest BCUT2D eigenvalue weighted by Gasteiger charge is -2.27. The van der Waals surface area contributed by atoms with Gasteiger partial charge in [0.15, 0.2) is 0 Å². The summed E-state index contributed by atoms with van der Waals surface area (Å²) in [5.41, 5.74) is 1.54. The molecule has 26 heavy (non-hydrogen) atoms. The highest BCUT2D eigenvalue weighted by Crippen LogP contribution is 2.33. The SMILES string of the molecule is CC(C)(CO)Oc1ccc(C(C)(C)c2ccc(O)cc2)cc1.CC(C)C. The molecule has 0 radical (unpaired) electrons. The van der Waals surface area contributed by atoms with Crippen molar-refractivity contribution in [3.05, 3.63) is 59.7 Å². The van der Waals surface area contributed by atoms with Gasteiger partial charge in [-0.2, -0.15) is 0 Å². The first kappa shape index (κ1) is 22.0. The van der Waals surface area contributed by atoms with Crippen molar-refractivity contribution in [2.45, 2.75) is 59.5 Å². The number of ether oxygens (including phenoxy) is 1. The fourth-order valence-corrected chi connectivity index (χ4v) is 2.34. The van der Waals surface area contributed by atoms with Crippen LogP contribution in [0.4, 0.5) is 0 Å². The first-order valence-electron chi connectivity index (χ1n) is 9.18. The molecule has 2 aromatic rings. The standard InChI is InChI=1S/C19H24O3.C4H10/c1-18(2,13-20)22-17-11-7-15(8-12-17)19(3,4)14-5-9-16(21)10-6-14;1-4(2)3/h5-12,20-21H,13H2,1-4H3;4H,1-3H3. The second-order valence-electron chi connectivity index (χ2n) is 8.45. The number of phenols is 1. The lowest BCUT2D eigenvalue weighted by Crippen LogP contribution is -2.32. The number of hydrogen-bond donors (Lipinski definition) is 2. The Labute approximate surface area is 158 Å². The van der Waals surface area contributed by atoms with Crippen molar-refractivity contribution in [1.29, 1.82) is 0 Å². The van der Waals surface area contributed by atoms with Gasteiger partial charge in [0.25, 0.3) is 0 Å². The maximum Gasteiger partial charge on any atom is 0.126 e. The largest absolute Gasteiger partial charge is 0.508 e. The molecule has 0 atom stereocenters. The monoisotopic (exact) mass is 358 g/mol. The normalized spacial score (nSPS) is 11.7. The Hall–Kier alpha value is -2.00. The summed E-state index contributed by atoms with van der Waals surface area (Å²) in [4.78, 5) is 0. The Balaban J connectivity index is 0.000000765. The van der Waals surface area contributed by atoms with Gasteiger partial charge in [0, 0.05) is 5.41 Å². The minimum atomic E-state index is -0.589. The van der Waals surface area contributed by atoms with Crippen LogP contribution in [0, 0.1) is 5.92 Å². The summed E-state index contributed by atoms with van der Waals surface area (Å²) in [5, 5.41) is 18.7. The number of phenolic OH excluding ortho intramolecular Hbond substituents is 1. The van der Waals surface area contributed by atoms with E-state index in [0.717, 1.165) is 22.8 Å². The summed E-state index contributed by atoms with van der Waals surface area (Å²) in [7, 11) is 0. The number of rotatable bonds is 5. The van der Waals surface area contributed by atoms with Gasteiger partial charge in [-0.25, -0.2) is 0 Å². The van der Waals surface area contributed by atoms with Gasteiger partial charge in [0.2, 0.25) is 0 Å². The predicted molar refractivity (Wildman–Crippen MR) is 109 cm³/mol. The quantitative estimate of drug-likeness (QED) is 0.739. The fourth-order valence-electron chi connectivity index (χ4n) is 2.34. The zero-order valence-corrected chi connectivity index (χ0v) is 17.2. The van der Waals surface area contributed by atoms with E-state index >= 15 is 0 Å². The van der Waals surface area contributed by atoms with E-state index < -0.39 is 5.60 Å². The molecule has 0 unspecified atom stereocenters. The molecule has 2 N–H and O–H groups in total. The average Bonchev–Trinajstić information content (AvgIpc) is 2.55. The van der Waals surface area contributed by atoms with Crippen LogP contribution in [0.2, 0.25) is 0 Å². The second kappa shape index (κ2) is 9.09. The van der Waals surface area contributed by atoms with Crippen LogP contribution in [0.5, 0.6) is 11.5 Å². The summed E-state index contributed by atoms with van der Waals surface area (Å²) in [6, 6.07) is 15.2. The molecule has 0 saturated heterocycles. The molecule has 0 aliphatic carbocycles. The van der Waals surface area contributed by atoms with Crippen molar-refractivity contribution < 1.29 is 14.9 Å². The van der Waals surface area contributed by atoms with E-state index in [4.69, 9.17) is 4.74 Å². The van der Waals surface area contributed by atoms with E-state index in [-0.39, 0.29) is 17.8 Å². The first-order valence-corrected chi connectivity index (χ1v) is 9.18. The zero-order chi connectivity index (χ0) is 20.0. The van der Waals surface area contributed by atoms with E-state index in [0.29, 0.717) is 0 Å². The van der Waals surface area contributed by atoms with Crippen LogP contribution in [-0.4, -0.2) is 22.4 Å². The maximum atomic E-state index is 9.42. The Kier molecular flexibility index (Phi) is 7.70. The van der Waals surface area contributed by atoms with Crippen molar-refractivity contribution in [3.8, 4) is 11.5 Å². The number of aliphatic hydroxyl groups excluding tert-OH is 1. The molecule has 3 heteroatoms. The lowest BCUT2D eigenvalue weighted by molar-refractivity contribution is 0.0412. The molecule has 2 aromatic carbocycles. The first-order chi connectivity index (χ1) is 12.0. The summed E-state index contributed by atoms with van der Waals surface area (Å²) < 4.78 is 5.76. The molecule has 0 saturated carbocycles. The van der Waals surface area contributed by atoms with Crippen molar-refractivity contribution >= 4 is 0 Å². The van der Waals surface area contributed by atoms with E-state index in [9.17, 15) is 10.2 Å². The molecule has 0 bridgehead atoms. The molecule has 0 aliphatic heterocycles. The van der Waals surface area contributed by atoms with Crippen LogP contribution in [0.3, 0.4) is 0 Å². The minimum absolute atomic E-state index is 0.0340. The van der Waals surface area contributed by atoms with E-state index in [1.54, 1.807) is 12.1 Å². The summed E-state index contributed by atoms with van der Waals surface area (Å²) >= 11 is 0. The van der Waals surface area contributed by atoms with E-state index in [1.165, 1.54) is 0 Å². The molecular weight excluding hydrogens is 324 g/mol. The Morgan fingerprint density at radius 1 is 0.808 bits per heavy atom. The molecular formula is C23H34O3. The van der Waals surface area contributed by atoms with Gasteiger partial charge < -0.3 is 14.9 Å². The molecule has 0 aromatic heterocycles. The van der Waals surface area contributed by atoms with Crippen LogP contribution in [0.1, 0.15) is 59.6 Å². The molecule has 0 heterocycles. The summed E-state index contributed by atoms with van der Waals surface area (Å²) in [5.74, 6) is 1.85. The molecule has 0 spiro atoms. The average molecular weight is 359 g/mol. The summed E-state index contributed by atoms with van der Waals surface area (Å²) in [6.07, 6.45) is 0. The fraction of sp³-hybridized carbons (Fsp3) is 0.478. The number of hydrogen-bond acceptors (Lipinski definition) is 3. The van der Waals surface area contributed by atoms with Gasteiger partial charge in [-0.05, 0) is 55.2 Å². The van der Waals surface area contributed by atoms with E-state index in [2.05, 4.69) is 34.6 Å². The van der Waals surface area contributed by atoms with Gasteiger partial charge in [-0.15, -0.1) is 0 Å². The molecule has 0 fully saturated rings. The number of aromatic hydroxyl groups is 1. The van der Waals surface area contributed by atoms with Crippen LogP contribution in [0.25, 0.3) is 0 Å². The zero-order valence-electron chi connectivity index (χ0n) is 17.2. The third-order valence-corrected chi connectivity index (χ3v) is 3.94. The highest BCUT2D eigenvalue weighted by Gasteiger charge is 2.24. The Bertz CT molecular complexity index is 650. The maximum absolute atomic E-state index is 9.42. The van der Waals surface area contributed by atoms with Gasteiger partial charge in [0.05, 0.1) is 6.61 Å². The predicted octanol–water partition coefficient (Wildman–Crippen LogP) is 5.53. The van der Waals surface area contributed by atoms with Gasteiger partial charge in [0.1, 0.15) is 17.1 Å². The van der Waals surface area contributed by atoms with E-state index in [1.807, 2.05) is 50.2 Å². The highest BCUT2D eigenvalue weighted by molar-refractivity contribution is 5.41. The third-order valence-electron chi connectivity index (χ3n) is 3.94. The summed E-state index contributed by atoms with van der Waals surface area (Å²) in [6.45, 7) is 14.5. The Morgan fingerprint density at radius 3 is 1.58 bits per heavy atom. The molecule has 0 aliphatic rings. The number of benzene rings is 2. The topological polar surface area (TPSA) is 49.7 Å². The lowest BCUT2D eigenvalue weighted by atomic mass is 9.78. The molecule has 3 nitrogen and oxygen atoms in total. The van der Waals surface area contributed by atoms with Crippen LogP contribution < -0.4 is 4.74 Å². The third kappa shape index (κ3) is 6.72. The molecule has 0 amide bonds. The smallest absolute Gasteiger partial charge is 0.126 e. The number of aliphatic hydroxyl groups is 1. The van der Waals surface area contributed by atoms with Crippen LogP contribution >= 0.6 is 0 Å². The second-order valence-corrected chi connectivity index (χ2v) is 8.45. The van der Waals surface area contributed by atoms with Crippen molar-refractivity contribution in [3.63, 3.8) is 0 Å². The van der Waals surface area contributed by atoms with Gasteiger partial charge in [-0.1, -0.05) is 58.9 Å². The van der Waals surface area contributed by atoms with Crippen LogP contribution in [-0.2, 0) is 5.41 Å². The van der Waals surface area contributed by atoms with Crippen LogP contribution in [0.15, 0.2) is 48.5 Å². The molecule has 2 rings (SSSR count). The Morgan fingerprint density at radius 2 is 1.19 bits per heavy atom. The van der Waals surface area contributed by atoms with Crippen molar-refractivity contribution in [2.75, 3.05) is 6.61 Å². The van der Waals surface area contributed by atoms with Gasteiger partial charge in [-0.3, -0.25) is 0 Å². The minimum Gasteiger partial charge on any atom is -0.508 e. The van der Waals surface area contributed by atoms with Crippen molar-refractivity contribution in [1.82, 2.24) is 0 Å². The highest BCUT2D eigenvalue weighted by atomic mass is 16.5.